The van der Waals surface area contributed by atoms with Crippen molar-refractivity contribution in [3.8, 4) is 0 Å². The van der Waals surface area contributed by atoms with Gasteiger partial charge in [-0.2, -0.15) is 15.0 Å². The summed E-state index contributed by atoms with van der Waals surface area (Å²) in [5, 5.41) is 0. The highest BCUT2D eigenvalue weighted by Gasteiger charge is 2.28. The van der Waals surface area contributed by atoms with Crippen LogP contribution in [0.3, 0.4) is 0 Å². The predicted octanol–water partition coefficient (Wildman–Crippen LogP) is 1.81. The van der Waals surface area contributed by atoms with Gasteiger partial charge in [0.05, 0.1) is 0 Å². The molecular weight excluding hydrogens is 214 g/mol. The number of aromatic nitrogens is 3. The molecule has 1 fully saturated rings. The van der Waals surface area contributed by atoms with Crippen molar-refractivity contribution in [2.45, 2.75) is 39.5 Å². The van der Waals surface area contributed by atoms with Crippen molar-refractivity contribution in [2.24, 2.45) is 5.41 Å². The number of hydrogen-bond acceptors (Lipinski definition) is 5. The van der Waals surface area contributed by atoms with E-state index in [1.165, 1.54) is 12.8 Å². The lowest BCUT2D eigenvalue weighted by Gasteiger charge is -2.26. The van der Waals surface area contributed by atoms with E-state index in [4.69, 9.17) is 5.73 Å². The molecule has 1 saturated carbocycles. The minimum absolute atomic E-state index is 0.204. The van der Waals surface area contributed by atoms with Crippen molar-refractivity contribution in [1.29, 1.82) is 0 Å². The average Bonchev–Trinajstić information content (AvgIpc) is 2.96. The molecular formula is C12H21N5. The number of nitrogens with zero attached hydrogens (tertiary/aromatic N) is 4. The van der Waals surface area contributed by atoms with Crippen LogP contribution < -0.4 is 10.6 Å². The van der Waals surface area contributed by atoms with Gasteiger partial charge >= 0.3 is 0 Å². The largest absolute Gasteiger partial charge is 0.368 e. The third-order valence-electron chi connectivity index (χ3n) is 2.65. The quantitative estimate of drug-likeness (QED) is 0.865. The van der Waals surface area contributed by atoms with Gasteiger partial charge in [-0.15, -0.1) is 0 Å². The van der Waals surface area contributed by atoms with Crippen LogP contribution in [-0.2, 0) is 0 Å². The van der Waals surface area contributed by atoms with E-state index in [0.717, 1.165) is 12.4 Å². The first-order valence-electron chi connectivity index (χ1n) is 6.08. The van der Waals surface area contributed by atoms with Gasteiger partial charge in [0.15, 0.2) is 0 Å². The Balaban J connectivity index is 2.19. The van der Waals surface area contributed by atoms with Crippen LogP contribution in [-0.4, -0.2) is 28.5 Å². The summed E-state index contributed by atoms with van der Waals surface area (Å²) in [6.07, 6.45) is 2.34. The van der Waals surface area contributed by atoms with Crippen LogP contribution in [0, 0.1) is 5.41 Å². The van der Waals surface area contributed by atoms with Gasteiger partial charge in [-0.25, -0.2) is 0 Å². The van der Waals surface area contributed by atoms with Gasteiger partial charge in [0.1, 0.15) is 5.82 Å². The van der Waals surface area contributed by atoms with Crippen LogP contribution in [0.4, 0.5) is 11.9 Å². The van der Waals surface area contributed by atoms with Crippen molar-refractivity contribution in [1.82, 2.24) is 15.0 Å². The molecule has 2 N–H and O–H groups in total. The zero-order chi connectivity index (χ0) is 12.6. The normalized spacial score (nSPS) is 16.0. The summed E-state index contributed by atoms with van der Waals surface area (Å²) in [6, 6.07) is 0. The maximum absolute atomic E-state index is 5.74. The predicted molar refractivity (Wildman–Crippen MR) is 68.9 cm³/mol. The summed E-state index contributed by atoms with van der Waals surface area (Å²) in [4.78, 5) is 15.0. The Kier molecular flexibility index (Phi) is 2.93. The fourth-order valence-electron chi connectivity index (χ4n) is 1.87. The molecule has 5 heteroatoms. The molecule has 0 spiro atoms. The van der Waals surface area contributed by atoms with Gasteiger partial charge in [-0.05, 0) is 18.3 Å². The number of anilines is 2. The molecule has 0 unspecified atom stereocenters. The fraction of sp³-hybridized carbons (Fsp3) is 0.750. The monoisotopic (exact) mass is 235 g/mol. The van der Waals surface area contributed by atoms with Gasteiger partial charge < -0.3 is 10.6 Å². The lowest BCUT2D eigenvalue weighted by Crippen LogP contribution is -2.31. The van der Waals surface area contributed by atoms with Crippen LogP contribution in [0.15, 0.2) is 0 Å². The van der Waals surface area contributed by atoms with Gasteiger partial charge in [-0.1, -0.05) is 20.8 Å². The summed E-state index contributed by atoms with van der Waals surface area (Å²) < 4.78 is 0. The van der Waals surface area contributed by atoms with Crippen molar-refractivity contribution in [2.75, 3.05) is 24.2 Å². The zero-order valence-corrected chi connectivity index (χ0v) is 11.1. The average molecular weight is 235 g/mol. The van der Waals surface area contributed by atoms with Crippen molar-refractivity contribution in [3.63, 3.8) is 0 Å². The van der Waals surface area contributed by atoms with Crippen LogP contribution in [0.25, 0.3) is 0 Å². The Hall–Kier alpha value is -1.39. The van der Waals surface area contributed by atoms with E-state index in [1.54, 1.807) is 0 Å². The van der Waals surface area contributed by atoms with Crippen molar-refractivity contribution >= 4 is 11.9 Å². The molecule has 0 bridgehead atoms. The van der Waals surface area contributed by atoms with Gasteiger partial charge in [-0.3, -0.25) is 0 Å². The molecule has 0 aliphatic heterocycles. The molecule has 0 radical (unpaired) electrons. The molecule has 0 atom stereocenters. The second-order valence-electron chi connectivity index (χ2n) is 6.04. The van der Waals surface area contributed by atoms with Gasteiger partial charge in [0.2, 0.25) is 11.9 Å². The van der Waals surface area contributed by atoms with Gasteiger partial charge in [0, 0.05) is 19.5 Å². The second-order valence-corrected chi connectivity index (χ2v) is 6.04. The van der Waals surface area contributed by atoms with E-state index >= 15 is 0 Å². The smallest absolute Gasteiger partial charge is 0.230 e. The molecule has 0 amide bonds. The molecule has 1 heterocycles. The number of nitrogen functional groups attached to an aromatic ring is 1. The highest BCUT2D eigenvalue weighted by atomic mass is 15.3. The first-order chi connectivity index (χ1) is 7.85. The van der Waals surface area contributed by atoms with E-state index in [0.29, 0.717) is 17.8 Å². The second kappa shape index (κ2) is 4.13. The maximum atomic E-state index is 5.74. The summed E-state index contributed by atoms with van der Waals surface area (Å²) in [5.74, 6) is 2.38. The molecule has 0 saturated heterocycles. The van der Waals surface area contributed by atoms with E-state index in [2.05, 4.69) is 35.7 Å². The van der Waals surface area contributed by atoms with Crippen molar-refractivity contribution < 1.29 is 0 Å². The SMILES string of the molecule is CN(CC(C)(C)C)c1nc(N)nc(C2CC2)n1. The maximum Gasteiger partial charge on any atom is 0.230 e. The summed E-state index contributed by atoms with van der Waals surface area (Å²) in [5.41, 5.74) is 5.94. The lowest BCUT2D eigenvalue weighted by molar-refractivity contribution is 0.416. The molecule has 1 aliphatic rings. The van der Waals surface area contributed by atoms with Crippen LogP contribution in [0.2, 0.25) is 0 Å². The summed E-state index contributed by atoms with van der Waals surface area (Å²) >= 11 is 0. The lowest BCUT2D eigenvalue weighted by atomic mass is 9.96. The third kappa shape index (κ3) is 3.28. The van der Waals surface area contributed by atoms with E-state index in [-0.39, 0.29) is 5.41 Å². The minimum Gasteiger partial charge on any atom is -0.368 e. The topological polar surface area (TPSA) is 67.9 Å². The first kappa shape index (κ1) is 12.1. The standard InChI is InChI=1S/C12H21N5/c1-12(2,3)7-17(4)11-15-9(8-5-6-8)14-10(13)16-11/h8H,5-7H2,1-4H3,(H2,13,14,15,16). The fourth-order valence-corrected chi connectivity index (χ4v) is 1.87. The minimum atomic E-state index is 0.204. The Bertz CT molecular complexity index is 406. The molecule has 1 aliphatic carbocycles. The van der Waals surface area contributed by atoms with Crippen LogP contribution in [0.1, 0.15) is 45.4 Å². The highest BCUT2D eigenvalue weighted by Crippen LogP contribution is 2.38. The van der Waals surface area contributed by atoms with E-state index < -0.39 is 0 Å². The third-order valence-corrected chi connectivity index (χ3v) is 2.65. The van der Waals surface area contributed by atoms with Gasteiger partial charge in [0.25, 0.3) is 0 Å². The van der Waals surface area contributed by atoms with Crippen molar-refractivity contribution in [3.05, 3.63) is 5.82 Å². The number of rotatable bonds is 3. The molecule has 0 aromatic carbocycles. The Morgan fingerprint density at radius 3 is 2.41 bits per heavy atom. The molecule has 5 nitrogen and oxygen atoms in total. The Morgan fingerprint density at radius 2 is 1.88 bits per heavy atom. The number of nitrogens with two attached hydrogens (primary N) is 1. The Morgan fingerprint density at radius 1 is 1.24 bits per heavy atom. The molecule has 1 aromatic heterocycles. The Labute approximate surface area is 102 Å². The highest BCUT2D eigenvalue weighted by molar-refractivity contribution is 5.35. The molecule has 1 aromatic rings. The molecule has 94 valence electrons. The first-order valence-corrected chi connectivity index (χ1v) is 6.08. The summed E-state index contributed by atoms with van der Waals surface area (Å²) in [6.45, 7) is 7.46. The van der Waals surface area contributed by atoms with Crippen LogP contribution in [0.5, 0.6) is 0 Å². The van der Waals surface area contributed by atoms with Crippen LogP contribution >= 0.6 is 0 Å². The van der Waals surface area contributed by atoms with E-state index in [9.17, 15) is 0 Å². The number of hydrogen-bond donors (Lipinski definition) is 1. The molecule has 2 rings (SSSR count). The van der Waals surface area contributed by atoms with E-state index in [1.807, 2.05) is 11.9 Å². The zero-order valence-electron chi connectivity index (χ0n) is 11.1. The summed E-state index contributed by atoms with van der Waals surface area (Å²) in [7, 11) is 2.00. The molecule has 17 heavy (non-hydrogen) atoms.